The number of nitrogens with one attached hydrogen (secondary N) is 2. The average molecular weight is 383 g/mol. The van der Waals surface area contributed by atoms with Crippen LogP contribution < -0.4 is 10.6 Å². The number of ether oxygens (including phenoxy) is 1. The Kier molecular flexibility index (Phi) is 5.54. The molecule has 2 aliphatic rings. The molecule has 2 N–H and O–H groups in total. The van der Waals surface area contributed by atoms with Crippen molar-refractivity contribution in [3.63, 3.8) is 0 Å². The number of amides is 2. The first-order chi connectivity index (χ1) is 12.0. The lowest BCUT2D eigenvalue weighted by molar-refractivity contribution is -0.146. The van der Waals surface area contributed by atoms with Crippen LogP contribution in [0.4, 0.5) is 4.79 Å². The van der Waals surface area contributed by atoms with Gasteiger partial charge in [-0.2, -0.15) is 0 Å². The van der Waals surface area contributed by atoms with E-state index in [0.29, 0.717) is 26.9 Å². The van der Waals surface area contributed by atoms with E-state index in [1.54, 1.807) is 25.1 Å². The third-order valence-electron chi connectivity index (χ3n) is 4.59. The van der Waals surface area contributed by atoms with Crippen LogP contribution in [0.2, 0.25) is 10.0 Å². The van der Waals surface area contributed by atoms with Crippen molar-refractivity contribution in [3.8, 4) is 0 Å². The second-order valence-electron chi connectivity index (χ2n) is 6.41. The minimum Gasteiger partial charge on any atom is -0.459 e. The van der Waals surface area contributed by atoms with E-state index in [-0.39, 0.29) is 12.1 Å². The smallest absolute Gasteiger partial charge is 0.338 e. The summed E-state index contributed by atoms with van der Waals surface area (Å²) in [5, 5.41) is 6.19. The van der Waals surface area contributed by atoms with Gasteiger partial charge in [-0.3, -0.25) is 0 Å². The van der Waals surface area contributed by atoms with Crippen LogP contribution in [0.15, 0.2) is 29.5 Å². The highest BCUT2D eigenvalue weighted by Crippen LogP contribution is 2.32. The fourth-order valence-electron chi connectivity index (χ4n) is 3.30. The van der Waals surface area contributed by atoms with Crippen LogP contribution >= 0.6 is 23.2 Å². The number of benzene rings is 1. The molecule has 134 valence electrons. The first-order valence-electron chi connectivity index (χ1n) is 8.40. The Morgan fingerprint density at radius 1 is 1.16 bits per heavy atom. The van der Waals surface area contributed by atoms with Gasteiger partial charge in [0.05, 0.1) is 21.7 Å². The molecule has 1 heterocycles. The molecular formula is C18H20Cl2N2O3. The van der Waals surface area contributed by atoms with Gasteiger partial charge in [-0.15, -0.1) is 0 Å². The van der Waals surface area contributed by atoms with Crippen LogP contribution in [0.1, 0.15) is 50.6 Å². The zero-order valence-electron chi connectivity index (χ0n) is 13.9. The maximum atomic E-state index is 12.8. The van der Waals surface area contributed by atoms with E-state index in [9.17, 15) is 9.59 Å². The van der Waals surface area contributed by atoms with Gasteiger partial charge in [0.25, 0.3) is 0 Å². The maximum absolute atomic E-state index is 12.8. The van der Waals surface area contributed by atoms with Crippen molar-refractivity contribution in [2.45, 2.75) is 51.2 Å². The number of urea groups is 1. The van der Waals surface area contributed by atoms with E-state index >= 15 is 0 Å². The summed E-state index contributed by atoms with van der Waals surface area (Å²) in [7, 11) is 0. The molecule has 25 heavy (non-hydrogen) atoms. The van der Waals surface area contributed by atoms with Crippen LogP contribution in [0.25, 0.3) is 0 Å². The molecule has 0 saturated heterocycles. The van der Waals surface area contributed by atoms with Gasteiger partial charge in [0.15, 0.2) is 0 Å². The predicted molar refractivity (Wildman–Crippen MR) is 96.5 cm³/mol. The zero-order chi connectivity index (χ0) is 18.0. The summed E-state index contributed by atoms with van der Waals surface area (Å²) in [6.45, 7) is 1.70. The molecular weight excluding hydrogens is 363 g/mol. The van der Waals surface area contributed by atoms with Crippen LogP contribution in [0.3, 0.4) is 0 Å². The lowest BCUT2D eigenvalue weighted by Gasteiger charge is -2.30. The number of allylic oxidation sites excluding steroid dienone is 1. The van der Waals surface area contributed by atoms with E-state index in [1.807, 2.05) is 0 Å². The van der Waals surface area contributed by atoms with Crippen molar-refractivity contribution in [1.82, 2.24) is 10.6 Å². The standard InChI is InChI=1S/C18H20Cl2N2O3/c1-10-15(17(23)25-12-5-3-2-4-6-12)16(22-18(24)21-10)11-7-8-13(19)14(20)9-11/h7-9,12,16H,2-6H2,1H3,(H2,21,22,24)/t16-/m1/s1. The van der Waals surface area contributed by atoms with E-state index in [4.69, 9.17) is 27.9 Å². The highest BCUT2D eigenvalue weighted by Gasteiger charge is 2.33. The highest BCUT2D eigenvalue weighted by molar-refractivity contribution is 6.42. The second kappa shape index (κ2) is 7.67. The topological polar surface area (TPSA) is 67.4 Å². The van der Waals surface area contributed by atoms with Gasteiger partial charge in [0.2, 0.25) is 0 Å². The average Bonchev–Trinajstić information content (AvgIpc) is 2.57. The summed E-state index contributed by atoms with van der Waals surface area (Å²) in [6.07, 6.45) is 5.03. The van der Waals surface area contributed by atoms with Gasteiger partial charge in [0, 0.05) is 5.70 Å². The van der Waals surface area contributed by atoms with E-state index < -0.39 is 12.0 Å². The Morgan fingerprint density at radius 2 is 1.88 bits per heavy atom. The molecule has 0 bridgehead atoms. The van der Waals surface area contributed by atoms with Crippen molar-refractivity contribution in [1.29, 1.82) is 0 Å². The Balaban J connectivity index is 1.88. The fraction of sp³-hybridized carbons (Fsp3) is 0.444. The third kappa shape index (κ3) is 4.10. The number of carbonyl (C=O) groups is 2. The molecule has 7 heteroatoms. The number of rotatable bonds is 3. The molecule has 0 unspecified atom stereocenters. The number of hydrogen-bond donors (Lipinski definition) is 2. The lowest BCUT2D eigenvalue weighted by atomic mass is 9.94. The normalized spacial score (nSPS) is 21.6. The minimum atomic E-state index is -0.625. The van der Waals surface area contributed by atoms with Gasteiger partial charge < -0.3 is 15.4 Å². The van der Waals surface area contributed by atoms with Gasteiger partial charge in [-0.1, -0.05) is 35.7 Å². The molecule has 0 radical (unpaired) electrons. The Bertz CT molecular complexity index is 727. The van der Waals surface area contributed by atoms with Crippen molar-refractivity contribution >= 4 is 35.2 Å². The van der Waals surface area contributed by atoms with Crippen molar-refractivity contribution in [3.05, 3.63) is 45.1 Å². The predicted octanol–water partition coefficient (Wildman–Crippen LogP) is 4.50. The number of hydrogen-bond acceptors (Lipinski definition) is 3. The first-order valence-corrected chi connectivity index (χ1v) is 9.15. The van der Waals surface area contributed by atoms with Crippen molar-refractivity contribution < 1.29 is 14.3 Å². The van der Waals surface area contributed by atoms with E-state index in [0.717, 1.165) is 25.7 Å². The number of esters is 1. The molecule has 0 aromatic heterocycles. The Hall–Kier alpha value is -1.72. The van der Waals surface area contributed by atoms with Gasteiger partial charge in [0.1, 0.15) is 6.10 Å². The van der Waals surface area contributed by atoms with Gasteiger partial charge in [-0.25, -0.2) is 9.59 Å². The summed E-state index contributed by atoms with van der Waals surface area (Å²) in [6, 6.07) is 4.04. The second-order valence-corrected chi connectivity index (χ2v) is 7.22. The summed E-state index contributed by atoms with van der Waals surface area (Å²) in [5.41, 5.74) is 1.56. The largest absolute Gasteiger partial charge is 0.459 e. The Morgan fingerprint density at radius 3 is 2.56 bits per heavy atom. The highest BCUT2D eigenvalue weighted by atomic mass is 35.5. The van der Waals surface area contributed by atoms with Crippen LogP contribution in [0, 0.1) is 0 Å². The molecule has 1 aromatic carbocycles. The molecule has 5 nitrogen and oxygen atoms in total. The number of halogens is 2. The minimum absolute atomic E-state index is 0.0615. The molecule has 1 aliphatic heterocycles. The molecule has 1 aliphatic carbocycles. The SMILES string of the molecule is CC1=C(C(=O)OC2CCCCC2)[C@@H](c2ccc(Cl)c(Cl)c2)NC(=O)N1. The zero-order valence-corrected chi connectivity index (χ0v) is 15.4. The maximum Gasteiger partial charge on any atom is 0.338 e. The van der Waals surface area contributed by atoms with E-state index in [2.05, 4.69) is 10.6 Å². The molecule has 2 amide bonds. The van der Waals surface area contributed by atoms with Crippen LogP contribution in [-0.2, 0) is 9.53 Å². The number of carbonyl (C=O) groups excluding carboxylic acids is 2. The van der Waals surface area contributed by atoms with Crippen molar-refractivity contribution in [2.24, 2.45) is 0 Å². The van der Waals surface area contributed by atoms with Gasteiger partial charge in [-0.05, 0) is 50.3 Å². The summed E-state index contributed by atoms with van der Waals surface area (Å²) >= 11 is 12.1. The molecule has 1 saturated carbocycles. The quantitative estimate of drug-likeness (QED) is 0.756. The molecule has 3 rings (SSSR count). The first kappa shape index (κ1) is 18.1. The third-order valence-corrected chi connectivity index (χ3v) is 5.33. The molecule has 1 aromatic rings. The fourth-order valence-corrected chi connectivity index (χ4v) is 3.61. The van der Waals surface area contributed by atoms with Crippen molar-refractivity contribution in [2.75, 3.05) is 0 Å². The van der Waals surface area contributed by atoms with Crippen LogP contribution in [-0.4, -0.2) is 18.1 Å². The summed E-state index contributed by atoms with van der Waals surface area (Å²) in [4.78, 5) is 24.7. The molecule has 0 spiro atoms. The lowest BCUT2D eigenvalue weighted by Crippen LogP contribution is -2.45. The summed E-state index contributed by atoms with van der Waals surface area (Å²) < 4.78 is 5.70. The monoisotopic (exact) mass is 382 g/mol. The summed E-state index contributed by atoms with van der Waals surface area (Å²) in [5.74, 6) is -0.409. The van der Waals surface area contributed by atoms with Gasteiger partial charge >= 0.3 is 12.0 Å². The molecule has 1 fully saturated rings. The Labute approximate surface area is 156 Å². The van der Waals surface area contributed by atoms with E-state index in [1.165, 1.54) is 6.42 Å². The van der Waals surface area contributed by atoms with Crippen LogP contribution in [0.5, 0.6) is 0 Å². The molecule has 1 atom stereocenters.